The number of rotatable bonds is 7. The van der Waals surface area contributed by atoms with Crippen molar-refractivity contribution in [2.45, 2.75) is 26.1 Å². The molecule has 0 saturated carbocycles. The first-order valence-electron chi connectivity index (χ1n) is 9.49. The van der Waals surface area contributed by atoms with Crippen molar-refractivity contribution in [3.05, 3.63) is 84.4 Å². The zero-order valence-electron chi connectivity index (χ0n) is 16.6. The van der Waals surface area contributed by atoms with Crippen molar-refractivity contribution < 1.29 is 9.36 Å². The molecule has 0 aliphatic heterocycles. The number of nitrogens with zero attached hydrogens (tertiary/aromatic N) is 2. The van der Waals surface area contributed by atoms with Crippen LogP contribution >= 0.6 is 12.2 Å². The van der Waals surface area contributed by atoms with E-state index in [1.807, 2.05) is 72.8 Å². The second-order valence-electron chi connectivity index (χ2n) is 6.97. The summed E-state index contributed by atoms with van der Waals surface area (Å²) < 4.78 is 4.14. The predicted molar refractivity (Wildman–Crippen MR) is 118 cm³/mol. The molecule has 0 spiro atoms. The van der Waals surface area contributed by atoms with Gasteiger partial charge in [-0.2, -0.15) is 0 Å². The highest BCUT2D eigenvalue weighted by Crippen LogP contribution is 2.07. The Hall–Kier alpha value is -3.19. The van der Waals surface area contributed by atoms with E-state index in [-0.39, 0.29) is 5.91 Å². The molecular weight excluding hydrogens is 382 g/mol. The van der Waals surface area contributed by atoms with Crippen LogP contribution in [0, 0.1) is 0 Å². The molecule has 3 N–H and O–H groups in total. The van der Waals surface area contributed by atoms with E-state index in [9.17, 15) is 4.79 Å². The fraction of sp³-hybridized carbons (Fsp3) is 0.227. The van der Waals surface area contributed by atoms with Crippen LogP contribution in [0.15, 0.2) is 73.3 Å². The van der Waals surface area contributed by atoms with Crippen molar-refractivity contribution in [3.8, 4) is 0 Å². The second-order valence-corrected chi connectivity index (χ2v) is 7.38. The van der Waals surface area contributed by atoms with Gasteiger partial charge >= 0.3 is 0 Å². The molecule has 7 heteroatoms. The highest BCUT2D eigenvalue weighted by molar-refractivity contribution is 7.80. The Morgan fingerprint density at radius 3 is 2.45 bits per heavy atom. The Labute approximate surface area is 176 Å². The van der Waals surface area contributed by atoms with Crippen LogP contribution in [-0.4, -0.2) is 21.6 Å². The molecule has 0 aliphatic rings. The molecule has 0 radical (unpaired) electrons. The number of benzene rings is 2. The van der Waals surface area contributed by atoms with Gasteiger partial charge in [-0.1, -0.05) is 42.5 Å². The van der Waals surface area contributed by atoms with E-state index in [1.54, 1.807) is 6.92 Å². The van der Waals surface area contributed by atoms with Crippen molar-refractivity contribution in [1.82, 2.24) is 15.2 Å². The van der Waals surface area contributed by atoms with Crippen LogP contribution < -0.4 is 20.5 Å². The van der Waals surface area contributed by atoms with Gasteiger partial charge in [0.25, 0.3) is 0 Å². The third-order valence-corrected chi connectivity index (χ3v) is 4.67. The lowest BCUT2D eigenvalue weighted by molar-refractivity contribution is -0.671. The van der Waals surface area contributed by atoms with Gasteiger partial charge in [0, 0.05) is 12.2 Å². The summed E-state index contributed by atoms with van der Waals surface area (Å²) in [6.07, 6.45) is 6.10. The van der Waals surface area contributed by atoms with Crippen LogP contribution in [0.2, 0.25) is 0 Å². The van der Waals surface area contributed by atoms with Crippen molar-refractivity contribution >= 4 is 28.9 Å². The molecule has 1 heterocycles. The molecule has 1 amide bonds. The molecule has 0 unspecified atom stereocenters. The molecule has 2 aromatic carbocycles. The van der Waals surface area contributed by atoms with Gasteiger partial charge in [-0.3, -0.25) is 4.79 Å². The number of aryl methyl sites for hydroxylation is 1. The number of hydrogen-bond acceptors (Lipinski definition) is 2. The van der Waals surface area contributed by atoms with Gasteiger partial charge < -0.3 is 16.0 Å². The average molecular weight is 409 g/mol. The number of amides is 1. The molecule has 0 fully saturated rings. The first kappa shape index (κ1) is 20.5. The number of hydrogen-bond donors (Lipinski definition) is 3. The van der Waals surface area contributed by atoms with Crippen LogP contribution in [0.3, 0.4) is 0 Å². The molecule has 6 nitrogen and oxygen atoms in total. The summed E-state index contributed by atoms with van der Waals surface area (Å²) in [6, 6.07) is 17.4. The van der Waals surface area contributed by atoms with Crippen LogP contribution in [-0.2, 0) is 24.9 Å². The van der Waals surface area contributed by atoms with Crippen LogP contribution in [0.25, 0.3) is 0 Å². The number of imidazole rings is 1. The summed E-state index contributed by atoms with van der Waals surface area (Å²) in [4.78, 5) is 12.3. The van der Waals surface area contributed by atoms with Gasteiger partial charge in [0.15, 0.2) is 5.11 Å². The lowest BCUT2D eigenvalue weighted by Crippen LogP contribution is -2.46. The summed E-state index contributed by atoms with van der Waals surface area (Å²) in [7, 11) is 2.00. The largest absolute Gasteiger partial charge is 0.351 e. The van der Waals surface area contributed by atoms with Crippen LogP contribution in [0.4, 0.5) is 5.69 Å². The normalized spacial score (nSPS) is 11.5. The number of anilines is 1. The van der Waals surface area contributed by atoms with Gasteiger partial charge in [-0.15, -0.1) is 0 Å². The minimum absolute atomic E-state index is 0.105. The number of carbonyl (C=O) groups is 1. The maximum atomic E-state index is 12.3. The molecular formula is C22H26N5OS+. The molecule has 3 rings (SSSR count). The van der Waals surface area contributed by atoms with E-state index in [4.69, 9.17) is 12.2 Å². The first-order chi connectivity index (χ1) is 14.0. The molecule has 3 aromatic rings. The lowest BCUT2D eigenvalue weighted by Gasteiger charge is -2.17. The second kappa shape index (κ2) is 9.84. The van der Waals surface area contributed by atoms with Gasteiger partial charge in [0.1, 0.15) is 25.0 Å². The molecule has 0 bridgehead atoms. The van der Waals surface area contributed by atoms with E-state index < -0.39 is 6.04 Å². The molecule has 1 atom stereocenters. The molecule has 1 aromatic heterocycles. The molecule has 150 valence electrons. The summed E-state index contributed by atoms with van der Waals surface area (Å²) in [5, 5.41) is 9.43. The number of carbonyl (C=O) groups excluding carboxylic acids is 1. The Morgan fingerprint density at radius 2 is 1.79 bits per heavy atom. The summed E-state index contributed by atoms with van der Waals surface area (Å²) >= 11 is 5.27. The number of aromatic nitrogens is 2. The Bertz CT molecular complexity index is 953. The summed E-state index contributed by atoms with van der Waals surface area (Å²) in [6.45, 7) is 3.08. The van der Waals surface area contributed by atoms with E-state index in [2.05, 4.69) is 32.7 Å². The standard InChI is InChI=1S/C22H25N5OS/c1-17(24-22(29)25-20-6-4-3-5-7-20)21(28)23-14-18-8-10-19(11-9-18)15-27-13-12-26(2)16-27/h3-13,16-17H,14-15H2,1-2H3,(H2-,23,24,25,28,29)/p+1/t17-/m0/s1. The van der Waals surface area contributed by atoms with Crippen LogP contribution in [0.5, 0.6) is 0 Å². The zero-order chi connectivity index (χ0) is 20.6. The number of thiocarbonyl (C=S) groups is 1. The van der Waals surface area contributed by atoms with Gasteiger partial charge in [-0.05, 0) is 42.4 Å². The Kier molecular flexibility index (Phi) is 6.97. The van der Waals surface area contributed by atoms with Crippen molar-refractivity contribution in [2.24, 2.45) is 7.05 Å². The third-order valence-electron chi connectivity index (χ3n) is 4.45. The number of para-hydroxylation sites is 1. The monoisotopic (exact) mass is 408 g/mol. The highest BCUT2D eigenvalue weighted by atomic mass is 32.1. The molecule has 29 heavy (non-hydrogen) atoms. The van der Waals surface area contributed by atoms with Gasteiger partial charge in [-0.25, -0.2) is 9.13 Å². The van der Waals surface area contributed by atoms with E-state index in [0.717, 1.165) is 17.8 Å². The van der Waals surface area contributed by atoms with E-state index in [0.29, 0.717) is 11.7 Å². The van der Waals surface area contributed by atoms with E-state index in [1.165, 1.54) is 5.56 Å². The number of nitrogens with one attached hydrogen (secondary N) is 3. The maximum absolute atomic E-state index is 12.3. The smallest absolute Gasteiger partial charge is 0.243 e. The van der Waals surface area contributed by atoms with Crippen molar-refractivity contribution in [3.63, 3.8) is 0 Å². The Morgan fingerprint density at radius 1 is 1.10 bits per heavy atom. The quantitative estimate of drug-likeness (QED) is 0.415. The lowest BCUT2D eigenvalue weighted by atomic mass is 10.1. The predicted octanol–water partition coefficient (Wildman–Crippen LogP) is 2.35. The van der Waals surface area contributed by atoms with Gasteiger partial charge in [0.2, 0.25) is 12.2 Å². The van der Waals surface area contributed by atoms with Crippen molar-refractivity contribution in [2.75, 3.05) is 5.32 Å². The first-order valence-corrected chi connectivity index (χ1v) is 9.89. The van der Waals surface area contributed by atoms with Crippen molar-refractivity contribution in [1.29, 1.82) is 0 Å². The van der Waals surface area contributed by atoms with E-state index >= 15 is 0 Å². The molecule has 0 saturated heterocycles. The summed E-state index contributed by atoms with van der Waals surface area (Å²) in [5.74, 6) is -0.105. The average Bonchev–Trinajstić information content (AvgIpc) is 3.12. The third kappa shape index (κ3) is 6.43. The Balaban J connectivity index is 1.43. The zero-order valence-corrected chi connectivity index (χ0v) is 17.4. The SMILES string of the molecule is C[C@H](NC(=S)Nc1ccccc1)C(=O)NCc1ccc(Cn2cc[n+](C)c2)cc1. The fourth-order valence-corrected chi connectivity index (χ4v) is 3.16. The van der Waals surface area contributed by atoms with Crippen LogP contribution in [0.1, 0.15) is 18.1 Å². The highest BCUT2D eigenvalue weighted by Gasteiger charge is 2.13. The van der Waals surface area contributed by atoms with Gasteiger partial charge in [0.05, 0.1) is 7.05 Å². The minimum atomic E-state index is -0.438. The molecule has 0 aliphatic carbocycles. The fourth-order valence-electron chi connectivity index (χ4n) is 2.86. The maximum Gasteiger partial charge on any atom is 0.243 e. The minimum Gasteiger partial charge on any atom is -0.351 e. The summed E-state index contributed by atoms with van der Waals surface area (Å²) in [5.41, 5.74) is 3.15. The topological polar surface area (TPSA) is 62.0 Å².